The van der Waals surface area contributed by atoms with E-state index < -0.39 is 218 Å². The first-order valence-corrected chi connectivity index (χ1v) is 33.5. The van der Waals surface area contributed by atoms with E-state index in [1.54, 1.807) is 0 Å². The average molecular weight is 1400 g/mol. The van der Waals surface area contributed by atoms with Gasteiger partial charge in [-0.25, -0.2) is 0 Å². The van der Waals surface area contributed by atoms with Crippen molar-refractivity contribution in [1.82, 2.24) is 26.6 Å². The number of phenols is 1. The number of unbranched alkanes of at least 4 members (excludes halogenated alkanes) is 1. The number of benzene rings is 1. The van der Waals surface area contributed by atoms with E-state index in [1.165, 1.54) is 31.2 Å². The van der Waals surface area contributed by atoms with Crippen molar-refractivity contribution in [3.05, 3.63) is 29.8 Å². The summed E-state index contributed by atoms with van der Waals surface area (Å²) in [5.41, 5.74) is 45.2. The summed E-state index contributed by atoms with van der Waals surface area (Å²) in [6, 6.07) is -1.78. The Morgan fingerprint density at radius 1 is 0.455 bits per heavy atom. The molecular formula is C66H109N15O18. The summed E-state index contributed by atoms with van der Waals surface area (Å²) >= 11 is 0. The summed E-state index contributed by atoms with van der Waals surface area (Å²) in [6.07, 6.45) is -6.62. The Kier molecular flexibility index (Phi) is 41.2. The van der Waals surface area contributed by atoms with E-state index in [4.69, 9.17) is 45.9 Å². The molecule has 0 saturated carbocycles. The molecule has 1 aromatic rings. The van der Waals surface area contributed by atoms with Crippen molar-refractivity contribution < 1.29 is 87.5 Å². The van der Waals surface area contributed by atoms with Crippen molar-refractivity contribution in [3.8, 4) is 5.75 Å². The molecule has 0 aliphatic rings. The molecule has 2 unspecified atom stereocenters. The molecule has 33 heteroatoms. The fourth-order valence-corrected chi connectivity index (χ4v) is 10.9. The summed E-state index contributed by atoms with van der Waals surface area (Å²) in [7, 11) is 0. The van der Waals surface area contributed by atoms with E-state index in [2.05, 4.69) is 36.6 Å². The smallest absolute Gasteiger partial charge is 0.305 e. The second-order valence-corrected chi connectivity index (χ2v) is 26.2. The fraction of sp³-hybridized carbons (Fsp3) is 0.667. The van der Waals surface area contributed by atoms with Gasteiger partial charge in [-0.2, -0.15) is 0 Å². The van der Waals surface area contributed by atoms with Gasteiger partial charge in [-0.3, -0.25) is 77.1 Å². The van der Waals surface area contributed by atoms with Crippen LogP contribution in [0.2, 0.25) is 0 Å². The molecule has 33 nitrogen and oxygen atoms in total. The molecule has 0 spiro atoms. The lowest BCUT2D eigenvalue weighted by Crippen LogP contribution is -2.50. The van der Waals surface area contributed by atoms with Gasteiger partial charge in [0.25, 0.3) is 0 Å². The minimum absolute atomic E-state index is 0.00773. The Morgan fingerprint density at radius 2 is 0.869 bits per heavy atom. The summed E-state index contributed by atoms with van der Waals surface area (Å²) in [5.74, 6) is -20.8. The lowest BCUT2D eigenvalue weighted by molar-refractivity contribution is -0.141. The molecule has 556 valence electrons. The Hall–Kier alpha value is -8.98. The molecule has 1 aromatic carbocycles. The molecular weight excluding hydrogens is 1290 g/mol. The van der Waals surface area contributed by atoms with Crippen LogP contribution in [0.3, 0.4) is 0 Å². The Morgan fingerprint density at radius 3 is 1.31 bits per heavy atom. The Labute approximate surface area is 577 Å². The number of aliphatic hydroxyl groups is 2. The number of aliphatic hydroxyl groups excluding tert-OH is 2. The van der Waals surface area contributed by atoms with Crippen LogP contribution in [0.15, 0.2) is 34.3 Å². The average Bonchev–Trinajstić information content (AvgIpc) is 0.886. The van der Waals surface area contributed by atoms with E-state index in [0.29, 0.717) is 24.8 Å². The normalized spacial score (nSPS) is 14.9. The van der Waals surface area contributed by atoms with Gasteiger partial charge < -0.3 is 92.9 Å². The van der Waals surface area contributed by atoms with E-state index in [9.17, 15) is 87.5 Å². The number of aliphatic carboxylic acids is 1. The van der Waals surface area contributed by atoms with Gasteiger partial charge in [-0.05, 0) is 114 Å². The number of aliphatic imine (C=N–C) groups is 2. The van der Waals surface area contributed by atoms with E-state index >= 15 is 0 Å². The highest BCUT2D eigenvalue weighted by atomic mass is 16.4. The van der Waals surface area contributed by atoms with Crippen LogP contribution in [0.1, 0.15) is 169 Å². The van der Waals surface area contributed by atoms with Crippen molar-refractivity contribution in [2.24, 2.45) is 103 Å². The zero-order valence-corrected chi connectivity index (χ0v) is 57.9. The molecule has 0 aliphatic heterocycles. The first kappa shape index (κ1) is 88.0. The first-order valence-electron chi connectivity index (χ1n) is 33.5. The Bertz CT molecular complexity index is 2930. The minimum Gasteiger partial charge on any atom is -0.508 e. The molecule has 12 atom stereocenters. The maximum Gasteiger partial charge on any atom is 0.305 e. The molecule has 1 rings (SSSR count). The number of nitrogens with two attached hydrogens (primary N) is 8. The predicted octanol–water partition coefficient (Wildman–Crippen LogP) is -1.94. The number of hydrogen-bond acceptors (Lipinski definition) is 20. The van der Waals surface area contributed by atoms with Crippen LogP contribution in [-0.2, 0) is 73.5 Å². The van der Waals surface area contributed by atoms with Gasteiger partial charge in [-0.1, -0.05) is 53.2 Å². The van der Waals surface area contributed by atoms with E-state index in [-0.39, 0.29) is 101 Å². The number of hydrogen-bond donors (Lipinski definition) is 17. The third-order valence-electron chi connectivity index (χ3n) is 16.5. The SMILES string of the molecule is CC(C)CC(CC(=O)[C@H](CC(C)C)NC(=O)C(CCCCN)CC(=O)[C@H](CCCN=C(N)N)NC(=O)[C@@H](CC(=O)[C@H](CCC(N)=O)NC(=O)[C@H](CCC(N)=O)CC(=O)[C@H](CCCN=C(N)N)NC(=O)[C@@H](CC(=O)[C@H](CC(=O)O)NC(=O)[C@@H](C)CO)[C@@H](C)O)Cc1ccc(O)cc1)C(N)=O. The first-order chi connectivity index (χ1) is 46.4. The van der Waals surface area contributed by atoms with Gasteiger partial charge in [0.2, 0.25) is 47.3 Å². The van der Waals surface area contributed by atoms with Crippen molar-refractivity contribution >= 4 is 94.1 Å². The number of rotatable bonds is 54. The van der Waals surface area contributed by atoms with Gasteiger partial charge in [0, 0.05) is 81.7 Å². The number of carboxylic acid groups (broad SMARTS) is 1. The van der Waals surface area contributed by atoms with Crippen LogP contribution >= 0.6 is 0 Å². The molecule has 0 radical (unpaired) electrons. The summed E-state index contributed by atoms with van der Waals surface area (Å²) in [5, 5.41) is 52.8. The quantitative estimate of drug-likeness (QED) is 0.0192. The zero-order chi connectivity index (χ0) is 75.2. The summed E-state index contributed by atoms with van der Waals surface area (Å²) < 4.78 is 0. The van der Waals surface area contributed by atoms with Crippen LogP contribution in [0.4, 0.5) is 0 Å². The van der Waals surface area contributed by atoms with Crippen LogP contribution < -0.4 is 72.5 Å². The lowest BCUT2D eigenvalue weighted by atomic mass is 9.87. The third-order valence-corrected chi connectivity index (χ3v) is 16.5. The predicted molar refractivity (Wildman–Crippen MR) is 365 cm³/mol. The van der Waals surface area contributed by atoms with Gasteiger partial charge in [-0.15, -0.1) is 0 Å². The maximum absolute atomic E-state index is 14.9. The van der Waals surface area contributed by atoms with Crippen molar-refractivity contribution in [2.45, 2.75) is 206 Å². The number of carbonyl (C=O) groups excluding carboxylic acids is 13. The molecule has 0 saturated heterocycles. The van der Waals surface area contributed by atoms with Crippen molar-refractivity contribution in [3.63, 3.8) is 0 Å². The number of aromatic hydroxyl groups is 1. The van der Waals surface area contributed by atoms with Crippen LogP contribution in [0, 0.1) is 47.3 Å². The number of nitrogens with one attached hydrogen (secondary N) is 5. The number of primary amides is 3. The van der Waals surface area contributed by atoms with Gasteiger partial charge in [0.05, 0.1) is 61.2 Å². The van der Waals surface area contributed by atoms with Crippen LogP contribution in [-0.4, -0.2) is 177 Å². The molecule has 0 heterocycles. The van der Waals surface area contributed by atoms with Crippen molar-refractivity contribution in [2.75, 3.05) is 26.2 Å². The molecule has 25 N–H and O–H groups in total. The van der Waals surface area contributed by atoms with Crippen LogP contribution in [0.25, 0.3) is 0 Å². The number of carbonyl (C=O) groups is 14. The number of nitrogens with zero attached hydrogens (tertiary/aromatic N) is 2. The molecule has 0 aromatic heterocycles. The zero-order valence-electron chi connectivity index (χ0n) is 57.9. The standard InChI is InChI=1S/C66H109N15O18/c1-35(2)25-42(59(70)94)30-54(88)49(26-36(3)4)81-61(96)40(11-7-8-22-67)28-51(85)46(12-9-23-75-65(71)72)77-63(98)43(27-39-14-17-44(84)18-15-39)31-53(87)48(19-21-57(69)91)78-62(97)41(16-20-56(68)90)29-52(86)47(13-10-24-76-66(73)74)79-64(99)45(38(6)83)32-55(89)50(33-58(92)93)80-60(95)37(5)34-82/h14-15,17-18,35-38,40-43,45-50,82-84H,7-13,16,19-34,67H2,1-6H3,(H2,68,90)(H2,69,91)(H2,70,94)(H,77,98)(H,78,97)(H,79,99)(H,80,95)(H,81,96)(H,92,93)(H4,71,72,75)(H4,73,74,76)/t37-,38+,40?,41+,42?,43+,45-,46-,47-,48-,49-,50-/m0/s1. The number of guanidine groups is 2. The van der Waals surface area contributed by atoms with Gasteiger partial charge in [0.1, 0.15) is 5.75 Å². The highest BCUT2D eigenvalue weighted by Crippen LogP contribution is 2.25. The lowest BCUT2D eigenvalue weighted by Gasteiger charge is -2.27. The number of Topliss-reactive ketones (excluding diaryl/α,β-unsaturated/α-hetero) is 5. The monoisotopic (exact) mass is 1400 g/mol. The number of amides is 8. The largest absolute Gasteiger partial charge is 0.508 e. The van der Waals surface area contributed by atoms with E-state index in [0.717, 1.165) is 6.92 Å². The van der Waals surface area contributed by atoms with E-state index in [1.807, 2.05) is 27.7 Å². The second kappa shape index (κ2) is 46.3. The second-order valence-electron chi connectivity index (χ2n) is 26.2. The number of carboxylic acids is 1. The highest BCUT2D eigenvalue weighted by Gasteiger charge is 2.38. The summed E-state index contributed by atoms with van der Waals surface area (Å²) in [4.78, 5) is 199. The number of ketones is 5. The molecule has 99 heavy (non-hydrogen) atoms. The maximum atomic E-state index is 14.9. The molecule has 0 bridgehead atoms. The summed E-state index contributed by atoms with van der Waals surface area (Å²) in [6.45, 7) is 9.37. The van der Waals surface area contributed by atoms with Gasteiger partial charge >= 0.3 is 5.97 Å². The Balaban J connectivity index is 3.94. The van der Waals surface area contributed by atoms with Gasteiger partial charge in [0.15, 0.2) is 40.8 Å². The number of phenolic OH excluding ortho intramolecular Hbond substituents is 1. The topological polar surface area (TPSA) is 613 Å². The molecule has 0 aliphatic carbocycles. The third kappa shape index (κ3) is 36.4. The minimum atomic E-state index is -1.72. The van der Waals surface area contributed by atoms with Crippen molar-refractivity contribution in [1.29, 1.82) is 0 Å². The van der Waals surface area contributed by atoms with Crippen LogP contribution in [0.5, 0.6) is 5.75 Å². The molecule has 0 fully saturated rings. The molecule has 8 amide bonds. The highest BCUT2D eigenvalue weighted by molar-refractivity contribution is 6.00. The fourth-order valence-electron chi connectivity index (χ4n) is 10.9.